The average Bonchev–Trinajstić information content (AvgIpc) is 2.87. The van der Waals surface area contributed by atoms with Gasteiger partial charge in [-0.15, -0.1) is 0 Å². The summed E-state index contributed by atoms with van der Waals surface area (Å²) in [6.45, 7) is 1.96. The van der Waals surface area contributed by atoms with Gasteiger partial charge >= 0.3 is 6.09 Å². The summed E-state index contributed by atoms with van der Waals surface area (Å²) in [6.07, 6.45) is 4.51. The number of benzene rings is 1. The van der Waals surface area contributed by atoms with Crippen LogP contribution < -0.4 is 4.90 Å². The molecular weight excluding hydrogens is 451 g/mol. The number of ether oxygens (including phenoxy) is 1. The van der Waals surface area contributed by atoms with Crippen LogP contribution in [0.3, 0.4) is 0 Å². The number of aromatic nitrogens is 1. The van der Waals surface area contributed by atoms with E-state index in [4.69, 9.17) is 4.74 Å². The highest BCUT2D eigenvalue weighted by Gasteiger charge is 2.44. The van der Waals surface area contributed by atoms with Crippen molar-refractivity contribution >= 4 is 17.8 Å². The predicted molar refractivity (Wildman–Crippen MR) is 130 cm³/mol. The summed E-state index contributed by atoms with van der Waals surface area (Å²) in [7, 11) is 3.41. The molecule has 2 saturated heterocycles. The van der Waals surface area contributed by atoms with Crippen molar-refractivity contribution in [3.63, 3.8) is 0 Å². The molecule has 2 aliphatic rings. The predicted octanol–water partition coefficient (Wildman–Crippen LogP) is 3.40. The molecule has 4 rings (SSSR count). The molecule has 2 aliphatic heterocycles. The maximum Gasteiger partial charge on any atom is 0.410 e. The van der Waals surface area contributed by atoms with Crippen molar-refractivity contribution in [2.45, 2.75) is 43.7 Å². The van der Waals surface area contributed by atoms with E-state index in [1.807, 2.05) is 6.07 Å². The number of carbonyl (C=O) groups excluding carboxylic acids is 2. The van der Waals surface area contributed by atoms with Crippen molar-refractivity contribution in [2.75, 3.05) is 45.2 Å². The fourth-order valence-electron chi connectivity index (χ4n) is 5.02. The quantitative estimate of drug-likeness (QED) is 0.648. The van der Waals surface area contributed by atoms with Crippen LogP contribution in [-0.2, 0) is 10.3 Å². The Morgan fingerprint density at radius 3 is 2.63 bits per heavy atom. The van der Waals surface area contributed by atoms with Gasteiger partial charge in [-0.2, -0.15) is 0 Å². The van der Waals surface area contributed by atoms with E-state index >= 15 is 0 Å². The third-order valence-corrected chi connectivity index (χ3v) is 6.95. The molecule has 0 saturated carbocycles. The number of amides is 2. The van der Waals surface area contributed by atoms with Crippen LogP contribution in [0.5, 0.6) is 0 Å². The molecule has 2 aromatic rings. The van der Waals surface area contributed by atoms with E-state index in [1.165, 1.54) is 17.0 Å². The van der Waals surface area contributed by atoms with Gasteiger partial charge in [0.05, 0.1) is 11.6 Å². The summed E-state index contributed by atoms with van der Waals surface area (Å²) in [5.41, 5.74) is 0.420. The zero-order valence-electron chi connectivity index (χ0n) is 20.3. The van der Waals surface area contributed by atoms with Crippen LogP contribution in [-0.4, -0.2) is 78.3 Å². The van der Waals surface area contributed by atoms with Crippen molar-refractivity contribution in [1.29, 1.82) is 0 Å². The number of hydrogen-bond donors (Lipinski definition) is 1. The van der Waals surface area contributed by atoms with Crippen molar-refractivity contribution in [1.82, 2.24) is 14.8 Å². The van der Waals surface area contributed by atoms with Gasteiger partial charge in [-0.05, 0) is 55.5 Å². The van der Waals surface area contributed by atoms with Crippen LogP contribution in [0.2, 0.25) is 0 Å². The zero-order chi connectivity index (χ0) is 25.0. The molecule has 0 aliphatic carbocycles. The van der Waals surface area contributed by atoms with Crippen molar-refractivity contribution in [2.24, 2.45) is 0 Å². The Morgan fingerprint density at radius 2 is 2.00 bits per heavy atom. The van der Waals surface area contributed by atoms with E-state index in [2.05, 4.69) is 9.88 Å². The third-order valence-electron chi connectivity index (χ3n) is 6.95. The summed E-state index contributed by atoms with van der Waals surface area (Å²) in [5, 5.41) is 9.39. The molecule has 1 aromatic carbocycles. The minimum atomic E-state index is -0.866. The van der Waals surface area contributed by atoms with Crippen LogP contribution in [0.1, 0.15) is 48.0 Å². The molecule has 2 atom stereocenters. The maximum atomic E-state index is 13.5. The second-order valence-corrected chi connectivity index (χ2v) is 9.49. The lowest BCUT2D eigenvalue weighted by Gasteiger charge is -2.46. The van der Waals surface area contributed by atoms with E-state index in [-0.39, 0.29) is 30.5 Å². The molecule has 2 amide bonds. The van der Waals surface area contributed by atoms with Gasteiger partial charge in [0, 0.05) is 53.0 Å². The van der Waals surface area contributed by atoms with Gasteiger partial charge in [0.2, 0.25) is 0 Å². The molecule has 0 radical (unpaired) electrons. The van der Waals surface area contributed by atoms with Gasteiger partial charge in [0.15, 0.2) is 0 Å². The maximum absolute atomic E-state index is 13.5. The largest absolute Gasteiger partial charge is 0.438 e. The van der Waals surface area contributed by atoms with E-state index in [0.717, 1.165) is 30.8 Å². The topological polar surface area (TPSA) is 86.2 Å². The average molecular weight is 485 g/mol. The number of hydrogen-bond acceptors (Lipinski definition) is 6. The smallest absolute Gasteiger partial charge is 0.410 e. The van der Waals surface area contributed by atoms with E-state index in [0.29, 0.717) is 37.9 Å². The zero-order valence-corrected chi connectivity index (χ0v) is 20.3. The SMILES string of the molecule is CN(C)C(=O)c1ccc(N2CCCC(N3CCC(CCCO)(c4ccc(F)cc4)OC3=O)C2)nc1. The van der Waals surface area contributed by atoms with Gasteiger partial charge in [0.1, 0.15) is 17.2 Å². The lowest BCUT2D eigenvalue weighted by molar-refractivity contribution is -0.0697. The number of carbonyl (C=O) groups is 2. The molecular formula is C26H33FN4O4. The summed E-state index contributed by atoms with van der Waals surface area (Å²) < 4.78 is 19.6. The molecule has 0 spiro atoms. The van der Waals surface area contributed by atoms with Gasteiger partial charge in [0.25, 0.3) is 5.91 Å². The normalized spacial score (nSPS) is 22.6. The summed E-state index contributed by atoms with van der Waals surface area (Å²) in [4.78, 5) is 35.3. The molecule has 2 unspecified atom stereocenters. The molecule has 8 nitrogen and oxygen atoms in total. The van der Waals surface area contributed by atoms with Gasteiger partial charge in [-0.3, -0.25) is 4.79 Å². The lowest BCUT2D eigenvalue weighted by atomic mass is 9.84. The summed E-state index contributed by atoms with van der Waals surface area (Å²) in [5.74, 6) is 0.339. The molecule has 9 heteroatoms. The van der Waals surface area contributed by atoms with Gasteiger partial charge in [-0.25, -0.2) is 14.2 Å². The monoisotopic (exact) mass is 484 g/mol. The van der Waals surface area contributed by atoms with Crippen molar-refractivity contribution in [3.8, 4) is 0 Å². The highest BCUT2D eigenvalue weighted by Crippen LogP contribution is 2.39. The van der Waals surface area contributed by atoms with Crippen molar-refractivity contribution in [3.05, 3.63) is 59.5 Å². The molecule has 188 valence electrons. The second-order valence-electron chi connectivity index (χ2n) is 9.49. The first kappa shape index (κ1) is 24.9. The van der Waals surface area contributed by atoms with Crippen LogP contribution in [0.4, 0.5) is 15.0 Å². The number of aliphatic hydroxyl groups is 1. The highest BCUT2D eigenvalue weighted by molar-refractivity contribution is 5.93. The first-order valence-corrected chi connectivity index (χ1v) is 12.1. The summed E-state index contributed by atoms with van der Waals surface area (Å²) in [6, 6.07) is 9.68. The Hall–Kier alpha value is -3.20. The lowest BCUT2D eigenvalue weighted by Crippen LogP contribution is -2.56. The number of cyclic esters (lactones) is 1. The first-order valence-electron chi connectivity index (χ1n) is 12.1. The van der Waals surface area contributed by atoms with Crippen LogP contribution in [0.25, 0.3) is 0 Å². The minimum absolute atomic E-state index is 0.00623. The Bertz CT molecular complexity index is 1030. The first-order chi connectivity index (χ1) is 16.8. The minimum Gasteiger partial charge on any atom is -0.438 e. The number of halogens is 1. The van der Waals surface area contributed by atoms with Gasteiger partial charge in [-0.1, -0.05) is 12.1 Å². The number of anilines is 1. The Balaban J connectivity index is 1.45. The number of rotatable bonds is 7. The molecule has 1 N–H and O–H groups in total. The molecule has 35 heavy (non-hydrogen) atoms. The van der Waals surface area contributed by atoms with E-state index in [9.17, 15) is 19.1 Å². The molecule has 1 aromatic heterocycles. The number of piperidine rings is 1. The number of nitrogens with zero attached hydrogens (tertiary/aromatic N) is 4. The second kappa shape index (κ2) is 10.6. The fraction of sp³-hybridized carbons (Fsp3) is 0.500. The Kier molecular flexibility index (Phi) is 7.54. The van der Waals surface area contributed by atoms with Crippen LogP contribution in [0, 0.1) is 5.82 Å². The molecule has 0 bridgehead atoms. The molecule has 2 fully saturated rings. The standard InChI is InChI=1S/C26H33FN4O4/c1-29(2)24(33)19-6-11-23(28-17-19)30-14-3-5-22(18-30)31-15-13-26(12-4-16-32,35-25(31)34)20-7-9-21(27)10-8-20/h6-11,17,22,32H,3-5,12-16,18H2,1-2H3. The van der Waals surface area contributed by atoms with Crippen LogP contribution in [0.15, 0.2) is 42.6 Å². The Labute approximate surface area is 205 Å². The van der Waals surface area contributed by atoms with E-state index < -0.39 is 5.60 Å². The number of pyridine rings is 1. The van der Waals surface area contributed by atoms with Crippen LogP contribution >= 0.6 is 0 Å². The highest BCUT2D eigenvalue weighted by atomic mass is 19.1. The Morgan fingerprint density at radius 1 is 1.23 bits per heavy atom. The molecule has 3 heterocycles. The summed E-state index contributed by atoms with van der Waals surface area (Å²) >= 11 is 0. The third kappa shape index (κ3) is 5.40. The van der Waals surface area contributed by atoms with Gasteiger partial charge < -0.3 is 24.5 Å². The fourth-order valence-corrected chi connectivity index (χ4v) is 5.02. The number of aliphatic hydroxyl groups excluding tert-OH is 1. The van der Waals surface area contributed by atoms with Crippen molar-refractivity contribution < 1.29 is 23.8 Å². The van der Waals surface area contributed by atoms with E-state index in [1.54, 1.807) is 43.4 Å².